The van der Waals surface area contributed by atoms with E-state index in [0.29, 0.717) is 5.56 Å². The SMILES string of the molecule is CC(=O)Nc1ccc2c(c1)C(=O)N(N=O)C(=O)C2C(=O)NCc1ccc(F)cc1. The van der Waals surface area contributed by atoms with Crippen LogP contribution in [0.15, 0.2) is 47.8 Å². The molecule has 1 heterocycles. The van der Waals surface area contributed by atoms with E-state index >= 15 is 0 Å². The number of amides is 4. The first kappa shape index (κ1) is 19.8. The number of imide groups is 1. The fourth-order valence-electron chi connectivity index (χ4n) is 2.97. The van der Waals surface area contributed by atoms with Crippen LogP contribution < -0.4 is 10.6 Å². The van der Waals surface area contributed by atoms with Crippen LogP contribution in [0.25, 0.3) is 0 Å². The molecule has 1 atom stereocenters. The lowest BCUT2D eigenvalue weighted by Crippen LogP contribution is -2.46. The first-order chi connectivity index (χ1) is 13.8. The van der Waals surface area contributed by atoms with E-state index in [2.05, 4.69) is 15.9 Å². The second-order valence-corrected chi connectivity index (χ2v) is 6.30. The van der Waals surface area contributed by atoms with Crippen molar-refractivity contribution >= 4 is 29.3 Å². The lowest BCUT2D eigenvalue weighted by molar-refractivity contribution is -0.137. The molecule has 3 rings (SSSR count). The third-order valence-electron chi connectivity index (χ3n) is 4.29. The highest BCUT2D eigenvalue weighted by atomic mass is 19.1. The Morgan fingerprint density at radius 3 is 2.45 bits per heavy atom. The monoisotopic (exact) mass is 398 g/mol. The maximum Gasteiger partial charge on any atom is 0.284 e. The zero-order valence-corrected chi connectivity index (χ0v) is 15.1. The average molecular weight is 398 g/mol. The molecule has 0 radical (unpaired) electrons. The molecule has 10 heteroatoms. The Morgan fingerprint density at radius 2 is 1.83 bits per heavy atom. The summed E-state index contributed by atoms with van der Waals surface area (Å²) >= 11 is 0. The van der Waals surface area contributed by atoms with Gasteiger partial charge in [0.15, 0.2) is 0 Å². The van der Waals surface area contributed by atoms with E-state index in [4.69, 9.17) is 0 Å². The number of nitroso groups, excluding NO2 is 1. The molecular weight excluding hydrogens is 383 g/mol. The molecule has 0 saturated carbocycles. The number of nitrogens with one attached hydrogen (secondary N) is 2. The molecule has 0 aromatic heterocycles. The number of hydrogen-bond donors (Lipinski definition) is 2. The first-order valence-corrected chi connectivity index (χ1v) is 8.47. The molecule has 0 aliphatic carbocycles. The molecule has 1 aliphatic heterocycles. The van der Waals surface area contributed by atoms with Crippen LogP contribution in [0.2, 0.25) is 0 Å². The van der Waals surface area contributed by atoms with Crippen molar-refractivity contribution in [2.45, 2.75) is 19.4 Å². The highest BCUT2D eigenvalue weighted by molar-refractivity contribution is 6.19. The van der Waals surface area contributed by atoms with Gasteiger partial charge >= 0.3 is 0 Å². The van der Waals surface area contributed by atoms with Gasteiger partial charge in [-0.1, -0.05) is 18.2 Å². The van der Waals surface area contributed by atoms with Crippen LogP contribution in [-0.2, 0) is 20.9 Å². The van der Waals surface area contributed by atoms with Crippen molar-refractivity contribution in [1.82, 2.24) is 10.3 Å². The number of carbonyl (C=O) groups excluding carboxylic acids is 4. The predicted octanol–water partition coefficient (Wildman–Crippen LogP) is 1.85. The van der Waals surface area contributed by atoms with Crippen LogP contribution in [0.4, 0.5) is 10.1 Å². The van der Waals surface area contributed by atoms with Crippen molar-refractivity contribution in [1.29, 1.82) is 0 Å². The van der Waals surface area contributed by atoms with E-state index in [1.165, 1.54) is 49.4 Å². The van der Waals surface area contributed by atoms with Crippen molar-refractivity contribution in [3.05, 3.63) is 69.9 Å². The van der Waals surface area contributed by atoms with Gasteiger partial charge in [0.05, 0.1) is 5.29 Å². The molecule has 2 aromatic carbocycles. The van der Waals surface area contributed by atoms with Crippen LogP contribution >= 0.6 is 0 Å². The number of hydrogen-bond acceptors (Lipinski definition) is 6. The maximum atomic E-state index is 13.0. The molecule has 0 spiro atoms. The molecule has 9 nitrogen and oxygen atoms in total. The largest absolute Gasteiger partial charge is 0.351 e. The van der Waals surface area contributed by atoms with Crippen LogP contribution in [0.3, 0.4) is 0 Å². The number of carbonyl (C=O) groups is 4. The predicted molar refractivity (Wildman–Crippen MR) is 98.7 cm³/mol. The zero-order valence-electron chi connectivity index (χ0n) is 15.1. The van der Waals surface area contributed by atoms with Gasteiger partial charge in [-0.3, -0.25) is 19.2 Å². The number of nitrogens with zero attached hydrogens (tertiary/aromatic N) is 2. The summed E-state index contributed by atoms with van der Waals surface area (Å²) in [6, 6.07) is 9.45. The topological polar surface area (TPSA) is 125 Å². The summed E-state index contributed by atoms with van der Waals surface area (Å²) in [5.74, 6) is -5.13. The summed E-state index contributed by atoms with van der Waals surface area (Å²) < 4.78 is 13.0. The molecule has 4 amide bonds. The molecule has 0 bridgehead atoms. The summed E-state index contributed by atoms with van der Waals surface area (Å²) in [4.78, 5) is 59.9. The van der Waals surface area contributed by atoms with Crippen molar-refractivity contribution in [2.75, 3.05) is 5.32 Å². The van der Waals surface area contributed by atoms with Gasteiger partial charge in [-0.2, -0.15) is 0 Å². The fourth-order valence-corrected chi connectivity index (χ4v) is 2.97. The van der Waals surface area contributed by atoms with Crippen LogP contribution in [-0.4, -0.2) is 28.6 Å². The van der Waals surface area contributed by atoms with Crippen LogP contribution in [0.1, 0.15) is 34.3 Å². The minimum Gasteiger partial charge on any atom is -0.351 e. The minimum absolute atomic E-state index is 0.00463. The molecule has 0 fully saturated rings. The van der Waals surface area contributed by atoms with Gasteiger partial charge in [0.2, 0.25) is 11.8 Å². The van der Waals surface area contributed by atoms with E-state index in [1.54, 1.807) is 0 Å². The molecule has 0 saturated heterocycles. The van der Waals surface area contributed by atoms with Crippen molar-refractivity contribution in [2.24, 2.45) is 5.29 Å². The van der Waals surface area contributed by atoms with Crippen molar-refractivity contribution in [3.63, 3.8) is 0 Å². The van der Waals surface area contributed by atoms with Crippen LogP contribution in [0, 0.1) is 10.7 Å². The number of anilines is 1. The third kappa shape index (κ3) is 4.00. The third-order valence-corrected chi connectivity index (χ3v) is 4.29. The molecule has 1 unspecified atom stereocenters. The number of fused-ring (bicyclic) bond motifs is 1. The fraction of sp³-hybridized carbons (Fsp3) is 0.158. The molecule has 148 valence electrons. The second-order valence-electron chi connectivity index (χ2n) is 6.30. The Labute approximate surface area is 163 Å². The summed E-state index contributed by atoms with van der Waals surface area (Å²) in [6.45, 7) is 1.28. The van der Waals surface area contributed by atoms with Crippen molar-refractivity contribution in [3.8, 4) is 0 Å². The normalized spacial score (nSPS) is 15.5. The summed E-state index contributed by atoms with van der Waals surface area (Å²) in [7, 11) is 0. The highest BCUT2D eigenvalue weighted by Gasteiger charge is 2.44. The molecule has 1 aliphatic rings. The smallest absolute Gasteiger partial charge is 0.284 e. The van der Waals surface area contributed by atoms with E-state index in [0.717, 1.165) is 0 Å². The highest BCUT2D eigenvalue weighted by Crippen LogP contribution is 2.32. The first-order valence-electron chi connectivity index (χ1n) is 8.47. The lowest BCUT2D eigenvalue weighted by atomic mass is 9.88. The Balaban J connectivity index is 1.91. The van der Waals surface area contributed by atoms with Crippen LogP contribution in [0.5, 0.6) is 0 Å². The summed E-state index contributed by atoms with van der Waals surface area (Å²) in [5, 5.41) is 7.53. The van der Waals surface area contributed by atoms with Gasteiger partial charge in [0, 0.05) is 24.7 Å². The lowest BCUT2D eigenvalue weighted by Gasteiger charge is -2.27. The van der Waals surface area contributed by atoms with Gasteiger partial charge in [-0.05, 0) is 35.4 Å². The maximum absolute atomic E-state index is 13.0. The van der Waals surface area contributed by atoms with Gasteiger partial charge < -0.3 is 10.6 Å². The van der Waals surface area contributed by atoms with Gasteiger partial charge in [0.25, 0.3) is 11.8 Å². The summed E-state index contributed by atoms with van der Waals surface area (Å²) in [5.41, 5.74) is 0.837. The quantitative estimate of drug-likeness (QED) is 0.452. The number of halogens is 1. The van der Waals surface area contributed by atoms with E-state index in [-0.39, 0.29) is 34.3 Å². The molecule has 29 heavy (non-hydrogen) atoms. The average Bonchev–Trinajstić information content (AvgIpc) is 2.68. The molecular formula is C19H15FN4O5. The number of rotatable bonds is 5. The number of benzene rings is 2. The molecule has 2 aromatic rings. The van der Waals surface area contributed by atoms with Crippen molar-refractivity contribution < 1.29 is 23.6 Å². The van der Waals surface area contributed by atoms with E-state index in [1.807, 2.05) is 0 Å². The van der Waals surface area contributed by atoms with E-state index in [9.17, 15) is 28.5 Å². The van der Waals surface area contributed by atoms with Gasteiger partial charge in [0.1, 0.15) is 11.7 Å². The van der Waals surface area contributed by atoms with Gasteiger partial charge in [-0.15, -0.1) is 9.92 Å². The minimum atomic E-state index is -1.48. The Kier molecular flexibility index (Phi) is 5.44. The Hall–Kier alpha value is -3.95. The zero-order chi connectivity index (χ0) is 21.1. The van der Waals surface area contributed by atoms with E-state index < -0.39 is 29.5 Å². The Bertz CT molecular complexity index is 1020. The molecule has 2 N–H and O–H groups in total. The second kappa shape index (κ2) is 7.97. The van der Waals surface area contributed by atoms with Gasteiger partial charge in [-0.25, -0.2) is 4.39 Å². The standard InChI is InChI=1S/C19H15FN4O5/c1-10(25)22-13-6-7-14-15(8-13)18(27)24(23-29)19(28)16(14)17(26)21-9-11-2-4-12(20)5-3-11/h2-8,16H,9H2,1H3,(H,21,26)(H,22,25). The Morgan fingerprint density at radius 1 is 1.14 bits per heavy atom. The summed E-state index contributed by atoms with van der Waals surface area (Å²) in [6.07, 6.45) is 0.